The Morgan fingerprint density at radius 1 is 1.03 bits per heavy atom. The van der Waals surface area contributed by atoms with Crippen molar-refractivity contribution in [2.75, 3.05) is 7.11 Å². The number of rotatable bonds is 11. The van der Waals surface area contributed by atoms with Gasteiger partial charge in [-0.05, 0) is 48.6 Å². The number of oxazole rings is 2. The molecule has 0 radical (unpaired) electrons. The van der Waals surface area contributed by atoms with Crippen molar-refractivity contribution >= 4 is 12.2 Å². The SMILES string of the molecule is COc1ccc(CCCCn2c(O)coc2=O)cc1OCc1coc(C=Cc2ccccc2)n1. The Hall–Kier alpha value is -4.20. The summed E-state index contributed by atoms with van der Waals surface area (Å²) in [5.74, 6) is 1.05. The fourth-order valence-corrected chi connectivity index (χ4v) is 3.47. The second kappa shape index (κ2) is 11.1. The monoisotopic (exact) mass is 462 g/mol. The zero-order valence-corrected chi connectivity index (χ0v) is 18.8. The molecule has 0 bridgehead atoms. The molecule has 0 aliphatic heterocycles. The van der Waals surface area contributed by atoms with Gasteiger partial charge in [0.1, 0.15) is 18.6 Å². The van der Waals surface area contributed by atoms with Gasteiger partial charge in [-0.2, -0.15) is 0 Å². The summed E-state index contributed by atoms with van der Waals surface area (Å²) >= 11 is 0. The highest BCUT2D eigenvalue weighted by Crippen LogP contribution is 2.29. The highest BCUT2D eigenvalue weighted by molar-refractivity contribution is 5.65. The van der Waals surface area contributed by atoms with E-state index in [4.69, 9.17) is 13.9 Å². The van der Waals surface area contributed by atoms with Crippen LogP contribution in [0.15, 0.2) is 74.7 Å². The van der Waals surface area contributed by atoms with Crippen LogP contribution in [0.2, 0.25) is 0 Å². The van der Waals surface area contributed by atoms with E-state index in [9.17, 15) is 9.90 Å². The van der Waals surface area contributed by atoms with Crippen LogP contribution in [0, 0.1) is 0 Å². The Balaban J connectivity index is 1.32. The Bertz CT molecular complexity index is 1290. The number of aromatic nitrogens is 2. The second-order valence-electron chi connectivity index (χ2n) is 7.66. The van der Waals surface area contributed by atoms with Crippen LogP contribution in [0.3, 0.4) is 0 Å². The van der Waals surface area contributed by atoms with Crippen LogP contribution >= 0.6 is 0 Å². The molecule has 34 heavy (non-hydrogen) atoms. The Morgan fingerprint density at radius 3 is 2.65 bits per heavy atom. The van der Waals surface area contributed by atoms with Crippen molar-refractivity contribution in [3.05, 3.63) is 94.3 Å². The van der Waals surface area contributed by atoms with Crippen LogP contribution in [0.4, 0.5) is 0 Å². The van der Waals surface area contributed by atoms with Gasteiger partial charge in [0.15, 0.2) is 17.8 Å². The van der Waals surface area contributed by atoms with Gasteiger partial charge in [-0.1, -0.05) is 36.4 Å². The number of benzene rings is 2. The maximum Gasteiger partial charge on any atom is 0.421 e. The highest BCUT2D eigenvalue weighted by atomic mass is 16.5. The zero-order valence-electron chi connectivity index (χ0n) is 18.8. The minimum absolute atomic E-state index is 0.156. The van der Waals surface area contributed by atoms with E-state index in [1.807, 2.05) is 60.7 Å². The van der Waals surface area contributed by atoms with E-state index in [2.05, 4.69) is 9.40 Å². The lowest BCUT2D eigenvalue weighted by Gasteiger charge is -2.11. The van der Waals surface area contributed by atoms with E-state index in [0.717, 1.165) is 30.2 Å². The summed E-state index contributed by atoms with van der Waals surface area (Å²) in [7, 11) is 1.60. The quantitative estimate of drug-likeness (QED) is 0.316. The van der Waals surface area contributed by atoms with Crippen LogP contribution < -0.4 is 15.2 Å². The lowest BCUT2D eigenvalue weighted by Crippen LogP contribution is -2.13. The van der Waals surface area contributed by atoms with E-state index in [0.29, 0.717) is 36.0 Å². The van der Waals surface area contributed by atoms with Crippen molar-refractivity contribution in [3.63, 3.8) is 0 Å². The number of hydrogen-bond donors (Lipinski definition) is 1. The molecule has 0 fully saturated rings. The van der Waals surface area contributed by atoms with E-state index < -0.39 is 5.76 Å². The predicted octanol–water partition coefficient (Wildman–Crippen LogP) is 4.92. The molecule has 176 valence electrons. The van der Waals surface area contributed by atoms with Crippen LogP contribution in [-0.2, 0) is 19.6 Å². The smallest absolute Gasteiger partial charge is 0.421 e. The van der Waals surface area contributed by atoms with Gasteiger partial charge in [0.25, 0.3) is 0 Å². The van der Waals surface area contributed by atoms with Crippen LogP contribution in [-0.4, -0.2) is 21.8 Å². The number of hydrogen-bond acceptors (Lipinski definition) is 7. The number of methoxy groups -OCH3 is 1. The van der Waals surface area contributed by atoms with Crippen molar-refractivity contribution in [2.24, 2.45) is 0 Å². The van der Waals surface area contributed by atoms with Gasteiger partial charge in [-0.3, -0.25) is 0 Å². The number of ether oxygens (including phenoxy) is 2. The molecule has 2 heterocycles. The van der Waals surface area contributed by atoms with Crippen molar-refractivity contribution < 1.29 is 23.4 Å². The average Bonchev–Trinajstić information content (AvgIpc) is 3.45. The molecule has 0 spiro atoms. The zero-order chi connectivity index (χ0) is 23.8. The normalized spacial score (nSPS) is 11.2. The van der Waals surface area contributed by atoms with Crippen molar-refractivity contribution in [2.45, 2.75) is 32.4 Å². The summed E-state index contributed by atoms with van der Waals surface area (Å²) in [5.41, 5.74) is 2.81. The number of nitrogens with zero attached hydrogens (tertiary/aromatic N) is 2. The van der Waals surface area contributed by atoms with Gasteiger partial charge in [-0.15, -0.1) is 0 Å². The first-order chi connectivity index (χ1) is 16.6. The van der Waals surface area contributed by atoms with E-state index in [-0.39, 0.29) is 12.5 Å². The summed E-state index contributed by atoms with van der Waals surface area (Å²) in [4.78, 5) is 15.9. The number of aromatic hydroxyl groups is 1. The van der Waals surface area contributed by atoms with Gasteiger partial charge in [-0.25, -0.2) is 14.3 Å². The molecule has 0 unspecified atom stereocenters. The standard InChI is InChI=1S/C26H26N2O6/c1-31-22-12-10-20(9-5-6-14-28-25(29)18-34-26(28)30)15-23(22)32-16-21-17-33-24(27-21)13-11-19-7-3-2-4-8-19/h2-4,7-8,10-13,15,17-18,29H,5-6,9,14,16H2,1H3. The molecule has 0 saturated carbocycles. The molecule has 2 aromatic carbocycles. The molecule has 4 rings (SSSR count). The van der Waals surface area contributed by atoms with Crippen molar-refractivity contribution in [1.82, 2.24) is 9.55 Å². The molecule has 1 N–H and O–H groups in total. The first kappa shape index (κ1) is 23.0. The van der Waals surface area contributed by atoms with E-state index in [1.165, 1.54) is 4.57 Å². The van der Waals surface area contributed by atoms with E-state index >= 15 is 0 Å². The molecular formula is C26H26N2O6. The molecule has 2 aromatic heterocycles. The number of aryl methyl sites for hydroxylation is 1. The maximum absolute atomic E-state index is 11.5. The first-order valence-corrected chi connectivity index (χ1v) is 11.0. The lowest BCUT2D eigenvalue weighted by molar-refractivity contribution is 0.280. The molecule has 8 heteroatoms. The minimum atomic E-state index is -0.552. The molecular weight excluding hydrogens is 436 g/mol. The third kappa shape index (κ3) is 5.98. The predicted molar refractivity (Wildman–Crippen MR) is 127 cm³/mol. The van der Waals surface area contributed by atoms with Gasteiger partial charge in [0.05, 0.1) is 7.11 Å². The molecule has 0 aliphatic carbocycles. The summed E-state index contributed by atoms with van der Waals surface area (Å²) < 4.78 is 22.8. The van der Waals surface area contributed by atoms with Gasteiger partial charge < -0.3 is 23.4 Å². The Labute approximate surface area is 196 Å². The molecule has 8 nitrogen and oxygen atoms in total. The fraction of sp³-hybridized carbons (Fsp3) is 0.231. The third-order valence-corrected chi connectivity index (χ3v) is 5.25. The van der Waals surface area contributed by atoms with Crippen LogP contribution in [0.1, 0.15) is 35.6 Å². The minimum Gasteiger partial charge on any atom is -0.493 e. The average molecular weight is 463 g/mol. The maximum atomic E-state index is 11.5. The molecule has 0 saturated heterocycles. The fourth-order valence-electron chi connectivity index (χ4n) is 3.47. The molecule has 4 aromatic rings. The lowest BCUT2D eigenvalue weighted by atomic mass is 10.1. The number of unbranched alkanes of at least 4 members (excludes halogenated alkanes) is 1. The van der Waals surface area contributed by atoms with Crippen LogP contribution in [0.25, 0.3) is 12.2 Å². The van der Waals surface area contributed by atoms with Gasteiger partial charge in [0.2, 0.25) is 11.8 Å². The van der Waals surface area contributed by atoms with Crippen LogP contribution in [0.5, 0.6) is 17.4 Å². The second-order valence-corrected chi connectivity index (χ2v) is 7.66. The van der Waals surface area contributed by atoms with Gasteiger partial charge >= 0.3 is 5.76 Å². The van der Waals surface area contributed by atoms with E-state index in [1.54, 1.807) is 13.4 Å². The summed E-state index contributed by atoms with van der Waals surface area (Å²) in [6, 6.07) is 15.7. The van der Waals surface area contributed by atoms with Gasteiger partial charge in [0, 0.05) is 12.6 Å². The van der Waals surface area contributed by atoms with Crippen molar-refractivity contribution in [3.8, 4) is 17.4 Å². The Kier molecular flexibility index (Phi) is 7.49. The summed E-state index contributed by atoms with van der Waals surface area (Å²) in [5, 5.41) is 9.60. The molecule has 0 aliphatic rings. The molecule has 0 amide bonds. The summed E-state index contributed by atoms with van der Waals surface area (Å²) in [6.45, 7) is 0.638. The highest BCUT2D eigenvalue weighted by Gasteiger charge is 2.10. The first-order valence-electron chi connectivity index (χ1n) is 11.0. The Morgan fingerprint density at radius 2 is 1.88 bits per heavy atom. The summed E-state index contributed by atoms with van der Waals surface area (Å²) in [6.07, 6.45) is 8.70. The topological polar surface area (TPSA) is 99.9 Å². The third-order valence-electron chi connectivity index (χ3n) is 5.25. The molecule has 0 atom stereocenters. The van der Waals surface area contributed by atoms with Crippen molar-refractivity contribution in [1.29, 1.82) is 0 Å². The largest absolute Gasteiger partial charge is 0.493 e.